The fraction of sp³-hybridized carbons (Fsp3) is 0.625. The van der Waals surface area contributed by atoms with Gasteiger partial charge in [-0.25, -0.2) is 0 Å². The zero-order valence-electron chi connectivity index (χ0n) is 12.0. The summed E-state index contributed by atoms with van der Waals surface area (Å²) >= 11 is 0. The predicted molar refractivity (Wildman–Crippen MR) is 83.0 cm³/mol. The highest BCUT2D eigenvalue weighted by Gasteiger charge is 2.40. The first-order valence-electron chi connectivity index (χ1n) is 7.17. The van der Waals surface area contributed by atoms with E-state index in [1.807, 2.05) is 0 Å². The smallest absolute Gasteiger partial charge is 0.0239 e. The van der Waals surface area contributed by atoms with E-state index >= 15 is 0 Å². The highest BCUT2D eigenvalue weighted by atomic mass is 35.5. The molecule has 0 saturated carbocycles. The first-order chi connectivity index (χ1) is 8.69. The molecule has 3 rings (SSSR count). The minimum absolute atomic E-state index is 0. The Hall–Kier alpha value is -0.570. The summed E-state index contributed by atoms with van der Waals surface area (Å²) in [5.41, 5.74) is 5.03. The van der Waals surface area contributed by atoms with E-state index in [1.54, 1.807) is 5.56 Å². The van der Waals surface area contributed by atoms with Crippen molar-refractivity contribution in [3.63, 3.8) is 0 Å². The van der Waals surface area contributed by atoms with E-state index in [-0.39, 0.29) is 12.4 Å². The second kappa shape index (κ2) is 5.82. The fourth-order valence-corrected chi connectivity index (χ4v) is 3.63. The number of rotatable bonds is 2. The van der Waals surface area contributed by atoms with Gasteiger partial charge in [-0.2, -0.15) is 0 Å². The molecule has 1 aromatic carbocycles. The maximum Gasteiger partial charge on any atom is 0.0239 e. The zero-order chi connectivity index (χ0) is 12.6. The molecule has 2 nitrogen and oxygen atoms in total. The Morgan fingerprint density at radius 3 is 2.58 bits per heavy atom. The van der Waals surface area contributed by atoms with Gasteiger partial charge in [-0.05, 0) is 61.9 Å². The van der Waals surface area contributed by atoms with E-state index in [0.29, 0.717) is 5.41 Å². The minimum Gasteiger partial charge on any atom is -0.316 e. The summed E-state index contributed by atoms with van der Waals surface area (Å²) in [6.45, 7) is 10.6. The monoisotopic (exact) mass is 280 g/mol. The lowest BCUT2D eigenvalue weighted by Gasteiger charge is -2.23. The van der Waals surface area contributed by atoms with Crippen LogP contribution in [0.2, 0.25) is 0 Å². The van der Waals surface area contributed by atoms with Gasteiger partial charge in [0.05, 0.1) is 0 Å². The van der Waals surface area contributed by atoms with Gasteiger partial charge >= 0.3 is 0 Å². The second-order valence-electron chi connectivity index (χ2n) is 6.26. The Morgan fingerprint density at radius 2 is 1.95 bits per heavy atom. The van der Waals surface area contributed by atoms with Crippen molar-refractivity contribution in [2.45, 2.75) is 33.2 Å². The standard InChI is InChI=1S/C16H24N2.ClH/c1-13-4-3-5-14(2)15(13)10-18-9-7-16(12-18)6-8-17-11-16;/h3-5,17H,6-12H2,1-2H3;1H. The summed E-state index contributed by atoms with van der Waals surface area (Å²) in [5, 5.41) is 3.54. The summed E-state index contributed by atoms with van der Waals surface area (Å²) in [5.74, 6) is 0. The molecule has 2 aliphatic rings. The number of nitrogens with zero attached hydrogens (tertiary/aromatic N) is 1. The summed E-state index contributed by atoms with van der Waals surface area (Å²) in [6, 6.07) is 6.65. The van der Waals surface area contributed by atoms with Crippen molar-refractivity contribution in [1.82, 2.24) is 10.2 Å². The third-order valence-corrected chi connectivity index (χ3v) is 4.88. The van der Waals surface area contributed by atoms with Gasteiger partial charge in [0.2, 0.25) is 0 Å². The molecule has 2 aliphatic heterocycles. The molecule has 0 amide bonds. The quantitative estimate of drug-likeness (QED) is 0.896. The highest BCUT2D eigenvalue weighted by molar-refractivity contribution is 5.85. The molecular weight excluding hydrogens is 256 g/mol. The molecule has 106 valence electrons. The van der Waals surface area contributed by atoms with Crippen LogP contribution in [0.5, 0.6) is 0 Å². The minimum atomic E-state index is 0. The van der Waals surface area contributed by atoms with Crippen LogP contribution in [0.3, 0.4) is 0 Å². The highest BCUT2D eigenvalue weighted by Crippen LogP contribution is 2.36. The SMILES string of the molecule is Cc1cccc(C)c1CN1CCC2(CCNC2)C1.Cl. The van der Waals surface area contributed by atoms with Gasteiger partial charge < -0.3 is 5.32 Å². The lowest BCUT2D eigenvalue weighted by Crippen LogP contribution is -2.29. The van der Waals surface area contributed by atoms with Gasteiger partial charge in [-0.15, -0.1) is 12.4 Å². The molecule has 1 N–H and O–H groups in total. The van der Waals surface area contributed by atoms with Crippen molar-refractivity contribution in [1.29, 1.82) is 0 Å². The van der Waals surface area contributed by atoms with Crippen LogP contribution in [0.15, 0.2) is 18.2 Å². The molecule has 1 aromatic rings. The normalized spacial score (nSPS) is 26.8. The van der Waals surface area contributed by atoms with Crippen molar-refractivity contribution in [2.24, 2.45) is 5.41 Å². The number of hydrogen-bond donors (Lipinski definition) is 1. The molecule has 0 radical (unpaired) electrons. The van der Waals surface area contributed by atoms with Gasteiger partial charge in [-0.1, -0.05) is 18.2 Å². The van der Waals surface area contributed by atoms with Crippen molar-refractivity contribution in [3.8, 4) is 0 Å². The van der Waals surface area contributed by atoms with Crippen LogP contribution in [-0.4, -0.2) is 31.1 Å². The Bertz CT molecular complexity index is 418. The summed E-state index contributed by atoms with van der Waals surface area (Å²) in [4.78, 5) is 2.66. The molecule has 1 unspecified atom stereocenters. The average Bonchev–Trinajstić information content (AvgIpc) is 2.96. The molecule has 2 fully saturated rings. The molecule has 0 bridgehead atoms. The maximum atomic E-state index is 3.54. The second-order valence-corrected chi connectivity index (χ2v) is 6.26. The van der Waals surface area contributed by atoms with Gasteiger partial charge in [-0.3, -0.25) is 4.90 Å². The van der Waals surface area contributed by atoms with E-state index in [0.717, 1.165) is 6.54 Å². The number of aryl methyl sites for hydroxylation is 2. The fourth-order valence-electron chi connectivity index (χ4n) is 3.63. The summed E-state index contributed by atoms with van der Waals surface area (Å²) in [6.07, 6.45) is 2.75. The summed E-state index contributed by atoms with van der Waals surface area (Å²) in [7, 11) is 0. The zero-order valence-corrected chi connectivity index (χ0v) is 12.9. The van der Waals surface area contributed by atoms with Crippen LogP contribution < -0.4 is 5.32 Å². The molecule has 1 atom stereocenters. The number of likely N-dealkylation sites (tertiary alicyclic amines) is 1. The molecule has 2 heterocycles. The molecule has 19 heavy (non-hydrogen) atoms. The average molecular weight is 281 g/mol. The van der Waals surface area contributed by atoms with Crippen molar-refractivity contribution >= 4 is 12.4 Å². The van der Waals surface area contributed by atoms with E-state index in [1.165, 1.54) is 50.1 Å². The molecule has 3 heteroatoms. The number of hydrogen-bond acceptors (Lipinski definition) is 2. The molecule has 0 aliphatic carbocycles. The maximum absolute atomic E-state index is 3.54. The van der Waals surface area contributed by atoms with Crippen LogP contribution in [0, 0.1) is 19.3 Å². The van der Waals surface area contributed by atoms with E-state index in [4.69, 9.17) is 0 Å². The largest absolute Gasteiger partial charge is 0.316 e. The number of nitrogens with one attached hydrogen (secondary N) is 1. The van der Waals surface area contributed by atoms with Crippen LogP contribution in [-0.2, 0) is 6.54 Å². The topological polar surface area (TPSA) is 15.3 Å². The first-order valence-corrected chi connectivity index (χ1v) is 7.17. The number of halogens is 1. The van der Waals surface area contributed by atoms with Crippen molar-refractivity contribution in [2.75, 3.05) is 26.2 Å². The van der Waals surface area contributed by atoms with Gasteiger partial charge in [0.1, 0.15) is 0 Å². The molecule has 2 saturated heterocycles. The Kier molecular flexibility index (Phi) is 4.54. The van der Waals surface area contributed by atoms with E-state index < -0.39 is 0 Å². The predicted octanol–water partition coefficient (Wildman–Crippen LogP) is 2.91. The first kappa shape index (κ1) is 14.8. The molecule has 0 aromatic heterocycles. The molecular formula is C16H25ClN2. The van der Waals surface area contributed by atoms with Gasteiger partial charge in [0, 0.05) is 19.6 Å². The van der Waals surface area contributed by atoms with Crippen molar-refractivity contribution in [3.05, 3.63) is 34.9 Å². The van der Waals surface area contributed by atoms with Crippen LogP contribution in [0.25, 0.3) is 0 Å². The summed E-state index contributed by atoms with van der Waals surface area (Å²) < 4.78 is 0. The molecule has 1 spiro atoms. The third-order valence-electron chi connectivity index (χ3n) is 4.88. The lowest BCUT2D eigenvalue weighted by molar-refractivity contribution is 0.268. The van der Waals surface area contributed by atoms with Crippen LogP contribution in [0.4, 0.5) is 0 Å². The van der Waals surface area contributed by atoms with Crippen LogP contribution >= 0.6 is 12.4 Å². The Balaban J connectivity index is 0.00000133. The third kappa shape index (κ3) is 2.96. The number of benzene rings is 1. The Labute approximate surface area is 123 Å². The lowest BCUT2D eigenvalue weighted by atomic mass is 9.86. The van der Waals surface area contributed by atoms with E-state index in [2.05, 4.69) is 42.3 Å². The Morgan fingerprint density at radius 1 is 1.21 bits per heavy atom. The van der Waals surface area contributed by atoms with E-state index in [9.17, 15) is 0 Å². The van der Waals surface area contributed by atoms with Gasteiger partial charge in [0.15, 0.2) is 0 Å². The van der Waals surface area contributed by atoms with Gasteiger partial charge in [0.25, 0.3) is 0 Å². The van der Waals surface area contributed by atoms with Crippen LogP contribution in [0.1, 0.15) is 29.5 Å². The van der Waals surface area contributed by atoms with Crippen molar-refractivity contribution < 1.29 is 0 Å².